The van der Waals surface area contributed by atoms with E-state index in [-0.39, 0.29) is 13.2 Å². The van der Waals surface area contributed by atoms with Crippen LogP contribution in [-0.2, 0) is 6.54 Å². The predicted octanol–water partition coefficient (Wildman–Crippen LogP) is 5.64. The third-order valence-electron chi connectivity index (χ3n) is 4.50. The molecule has 0 bridgehead atoms. The van der Waals surface area contributed by atoms with Crippen molar-refractivity contribution >= 4 is 66.2 Å². The average Bonchev–Trinajstić information content (AvgIpc) is 3.09. The van der Waals surface area contributed by atoms with Crippen molar-refractivity contribution in [1.29, 1.82) is 0 Å². The number of nitrogens with zero attached hydrogens (tertiary/aromatic N) is 1. The Hall–Kier alpha value is -1.63. The highest BCUT2D eigenvalue weighted by molar-refractivity contribution is 9.10. The first kappa shape index (κ1) is 17.8. The van der Waals surface area contributed by atoms with Crippen molar-refractivity contribution in [2.24, 2.45) is 0 Å². The maximum Gasteiger partial charge on any atom is 0.259 e. The summed E-state index contributed by atoms with van der Waals surface area (Å²) in [5.41, 5.74) is 3.10. The van der Waals surface area contributed by atoms with Gasteiger partial charge in [-0.1, -0.05) is 45.7 Å². The summed E-state index contributed by atoms with van der Waals surface area (Å²) in [5, 5.41) is 4.60. The minimum absolute atomic E-state index is 0. The van der Waals surface area contributed by atoms with E-state index in [0.717, 1.165) is 39.2 Å². The first-order chi connectivity index (χ1) is 12.5. The molecule has 2 heterocycles. The Morgan fingerprint density at radius 1 is 1.12 bits per heavy atom. The van der Waals surface area contributed by atoms with E-state index in [2.05, 4.69) is 41.7 Å². The van der Waals surface area contributed by atoms with E-state index in [1.165, 1.54) is 0 Å². The number of rotatable bonds is 4. The zero-order chi connectivity index (χ0) is 18.4. The summed E-state index contributed by atoms with van der Waals surface area (Å²) in [5.74, 6) is -0.759. The minimum atomic E-state index is -0.387. The standard InChI is InChI=1S/C19H13Br2ClN2O2.H2/c20-6-3-7-24-9-12(21)16-14(24)8-11(10-4-1-2-5-13(10)22)15-17(16)19(26)23-18(15)25;/h1-2,4-5,8-9H,3,6-7H2,(H,23,25,26);1H. The monoisotopic (exact) mass is 496 g/mol. The molecule has 0 aliphatic carbocycles. The van der Waals surface area contributed by atoms with Gasteiger partial charge in [0.25, 0.3) is 11.8 Å². The van der Waals surface area contributed by atoms with Crippen LogP contribution in [0, 0.1) is 0 Å². The molecule has 0 fully saturated rings. The lowest BCUT2D eigenvalue weighted by Crippen LogP contribution is -2.20. The molecule has 0 unspecified atom stereocenters. The molecule has 0 atom stereocenters. The van der Waals surface area contributed by atoms with Crippen LogP contribution in [0.15, 0.2) is 41.0 Å². The van der Waals surface area contributed by atoms with Gasteiger partial charge in [0.1, 0.15) is 0 Å². The molecule has 0 saturated heterocycles. The summed E-state index contributed by atoms with van der Waals surface area (Å²) in [6.45, 7) is 0.795. The van der Waals surface area contributed by atoms with Crippen molar-refractivity contribution in [3.8, 4) is 11.1 Å². The lowest BCUT2D eigenvalue weighted by Gasteiger charge is -2.12. The number of aryl methyl sites for hydroxylation is 1. The molecule has 4 rings (SSSR count). The zero-order valence-corrected chi connectivity index (χ0v) is 17.4. The lowest BCUT2D eigenvalue weighted by molar-refractivity contribution is 0.0880. The van der Waals surface area contributed by atoms with Crippen LogP contribution in [0.25, 0.3) is 22.0 Å². The van der Waals surface area contributed by atoms with Crippen LogP contribution >= 0.6 is 43.5 Å². The molecule has 1 aliphatic heterocycles. The van der Waals surface area contributed by atoms with E-state index in [4.69, 9.17) is 11.6 Å². The van der Waals surface area contributed by atoms with E-state index in [1.54, 1.807) is 6.07 Å². The molecule has 2 aromatic carbocycles. The number of amides is 2. The van der Waals surface area contributed by atoms with Crippen molar-refractivity contribution in [2.75, 3.05) is 5.33 Å². The van der Waals surface area contributed by atoms with E-state index in [1.807, 2.05) is 30.5 Å². The molecule has 0 saturated carbocycles. The topological polar surface area (TPSA) is 51.1 Å². The number of carbonyl (C=O) groups is 2. The van der Waals surface area contributed by atoms with E-state index < -0.39 is 0 Å². The molecule has 26 heavy (non-hydrogen) atoms. The van der Waals surface area contributed by atoms with E-state index >= 15 is 0 Å². The molecule has 0 radical (unpaired) electrons. The van der Waals surface area contributed by atoms with Gasteiger partial charge in [0.15, 0.2) is 0 Å². The zero-order valence-electron chi connectivity index (χ0n) is 13.5. The van der Waals surface area contributed by atoms with Crippen molar-refractivity contribution in [3.05, 3.63) is 57.2 Å². The second kappa shape index (κ2) is 6.83. The van der Waals surface area contributed by atoms with Gasteiger partial charge in [-0.05, 0) is 40.0 Å². The van der Waals surface area contributed by atoms with Crippen molar-refractivity contribution in [1.82, 2.24) is 9.88 Å². The molecular weight excluding hydrogens is 483 g/mol. The highest BCUT2D eigenvalue weighted by Crippen LogP contribution is 2.41. The Bertz CT molecular complexity index is 1080. The number of halogens is 3. The fourth-order valence-corrected chi connectivity index (χ4v) is 4.54. The minimum Gasteiger partial charge on any atom is -0.346 e. The fourth-order valence-electron chi connectivity index (χ4n) is 3.41. The summed E-state index contributed by atoms with van der Waals surface area (Å²) in [7, 11) is 0. The number of alkyl halides is 1. The van der Waals surface area contributed by atoms with E-state index in [0.29, 0.717) is 21.7 Å². The third-order valence-corrected chi connectivity index (χ3v) is 5.99. The fraction of sp³-hybridized carbons (Fsp3) is 0.158. The maximum atomic E-state index is 12.5. The number of fused-ring (bicyclic) bond motifs is 3. The van der Waals surface area contributed by atoms with Gasteiger partial charge in [-0.2, -0.15) is 0 Å². The molecule has 1 aliphatic rings. The highest BCUT2D eigenvalue weighted by atomic mass is 79.9. The van der Waals surface area contributed by atoms with Gasteiger partial charge in [-0.3, -0.25) is 14.9 Å². The summed E-state index contributed by atoms with van der Waals surface area (Å²) >= 11 is 13.4. The van der Waals surface area contributed by atoms with Gasteiger partial charge in [-0.25, -0.2) is 0 Å². The first-order valence-corrected chi connectivity index (χ1v) is 10.3. The first-order valence-electron chi connectivity index (χ1n) is 8.04. The number of hydrogen-bond acceptors (Lipinski definition) is 2. The van der Waals surface area contributed by atoms with Crippen molar-refractivity contribution in [3.63, 3.8) is 0 Å². The van der Waals surface area contributed by atoms with E-state index in [9.17, 15) is 9.59 Å². The van der Waals surface area contributed by atoms with Crippen LogP contribution in [0.4, 0.5) is 0 Å². The van der Waals surface area contributed by atoms with Gasteiger partial charge in [0, 0.05) is 39.9 Å². The van der Waals surface area contributed by atoms with Crippen LogP contribution in [0.2, 0.25) is 5.02 Å². The normalized spacial score (nSPS) is 13.3. The van der Waals surface area contributed by atoms with Crippen LogP contribution in [0.5, 0.6) is 0 Å². The van der Waals surface area contributed by atoms with Crippen LogP contribution in [0.1, 0.15) is 28.6 Å². The molecule has 134 valence electrons. The molecule has 4 nitrogen and oxygen atoms in total. The number of imide groups is 1. The summed E-state index contributed by atoms with van der Waals surface area (Å²) < 4.78 is 2.89. The number of hydrogen-bond donors (Lipinski definition) is 1. The van der Waals surface area contributed by atoms with Gasteiger partial charge in [0.2, 0.25) is 0 Å². The Labute approximate surface area is 173 Å². The molecule has 7 heteroatoms. The molecule has 1 aromatic heterocycles. The van der Waals surface area contributed by atoms with Crippen molar-refractivity contribution in [2.45, 2.75) is 13.0 Å². The third kappa shape index (κ3) is 2.71. The Kier molecular flexibility index (Phi) is 4.67. The largest absolute Gasteiger partial charge is 0.346 e. The molecule has 0 spiro atoms. The average molecular weight is 499 g/mol. The second-order valence-electron chi connectivity index (χ2n) is 6.04. The Morgan fingerprint density at radius 3 is 2.58 bits per heavy atom. The number of aromatic nitrogens is 1. The molecular formula is C19H15Br2ClN2O2. The maximum absolute atomic E-state index is 12.5. The van der Waals surface area contributed by atoms with Crippen LogP contribution < -0.4 is 5.32 Å². The SMILES string of the molecule is O=C1NC(=O)c2c1c(-c1ccccc1Cl)cc1c2c(Br)cn1CCCBr.[HH]. The van der Waals surface area contributed by atoms with Crippen LogP contribution in [0.3, 0.4) is 0 Å². The van der Waals surface area contributed by atoms with Gasteiger partial charge in [-0.15, -0.1) is 0 Å². The van der Waals surface area contributed by atoms with Gasteiger partial charge < -0.3 is 4.57 Å². The molecule has 1 N–H and O–H groups in total. The Balaban J connectivity index is 0.00000210. The predicted molar refractivity (Wildman–Crippen MR) is 112 cm³/mol. The second-order valence-corrected chi connectivity index (χ2v) is 8.10. The number of carbonyl (C=O) groups excluding carboxylic acids is 2. The van der Waals surface area contributed by atoms with Gasteiger partial charge in [0.05, 0.1) is 16.6 Å². The smallest absolute Gasteiger partial charge is 0.259 e. The summed E-state index contributed by atoms with van der Waals surface area (Å²) in [6.07, 6.45) is 2.90. The van der Waals surface area contributed by atoms with Crippen molar-refractivity contribution < 1.29 is 11.0 Å². The molecule has 3 aromatic rings. The highest BCUT2D eigenvalue weighted by Gasteiger charge is 2.34. The lowest BCUT2D eigenvalue weighted by atomic mass is 9.94. The van der Waals surface area contributed by atoms with Crippen LogP contribution in [-0.4, -0.2) is 21.7 Å². The quantitative estimate of drug-likeness (QED) is 0.374. The summed E-state index contributed by atoms with van der Waals surface area (Å²) in [6, 6.07) is 9.30. The van der Waals surface area contributed by atoms with Gasteiger partial charge >= 0.3 is 0 Å². The molecule has 2 amide bonds. The number of benzene rings is 2. The number of nitrogens with one attached hydrogen (secondary N) is 1. The Morgan fingerprint density at radius 2 is 1.85 bits per heavy atom. The summed E-state index contributed by atoms with van der Waals surface area (Å²) in [4.78, 5) is 25.0.